The minimum Gasteiger partial charge on any atom is -0.480 e. The van der Waals surface area contributed by atoms with Gasteiger partial charge in [0.2, 0.25) is 5.88 Å². The van der Waals surface area contributed by atoms with Crippen molar-refractivity contribution in [3.05, 3.63) is 21.8 Å². The quantitative estimate of drug-likeness (QED) is 0.789. The number of carbonyl (C=O) groups excluding carboxylic acids is 1. The van der Waals surface area contributed by atoms with Crippen LogP contribution in [0.3, 0.4) is 0 Å². The van der Waals surface area contributed by atoms with Gasteiger partial charge in [0.1, 0.15) is 5.69 Å². The summed E-state index contributed by atoms with van der Waals surface area (Å²) < 4.78 is 29.8. The molecule has 0 aromatic carbocycles. The number of hydrogen-bond acceptors (Lipinski definition) is 3. The zero-order chi connectivity index (χ0) is 10.7. The lowest BCUT2D eigenvalue weighted by molar-refractivity contribution is 0.110. The van der Waals surface area contributed by atoms with Gasteiger partial charge in [0.25, 0.3) is 6.43 Å². The molecule has 0 aliphatic heterocycles. The molecule has 14 heavy (non-hydrogen) atoms. The maximum atomic E-state index is 12.4. The molecule has 1 rings (SSSR count). The molecule has 0 radical (unpaired) electrons. The van der Waals surface area contributed by atoms with E-state index in [1.807, 2.05) is 0 Å². The third kappa shape index (κ3) is 2.06. The maximum absolute atomic E-state index is 12.4. The van der Waals surface area contributed by atoms with Crippen molar-refractivity contribution in [1.82, 2.24) is 4.98 Å². The Morgan fingerprint density at radius 1 is 1.64 bits per heavy atom. The summed E-state index contributed by atoms with van der Waals surface area (Å²) in [6.07, 6.45) is -2.46. The lowest BCUT2D eigenvalue weighted by Gasteiger charge is -2.07. The third-order valence-electron chi connectivity index (χ3n) is 1.53. The molecular formula is C8H6BrF2NO2. The van der Waals surface area contributed by atoms with Crippen LogP contribution in [0.5, 0.6) is 5.88 Å². The van der Waals surface area contributed by atoms with Crippen LogP contribution < -0.4 is 4.74 Å². The topological polar surface area (TPSA) is 39.2 Å². The number of nitrogens with zero attached hydrogens (tertiary/aromatic N) is 1. The molecule has 0 N–H and O–H groups in total. The van der Waals surface area contributed by atoms with Crippen LogP contribution in [0.15, 0.2) is 10.5 Å². The van der Waals surface area contributed by atoms with E-state index < -0.39 is 12.1 Å². The zero-order valence-corrected chi connectivity index (χ0v) is 8.72. The van der Waals surface area contributed by atoms with E-state index in [-0.39, 0.29) is 11.4 Å². The number of rotatable bonds is 3. The molecular weight excluding hydrogens is 260 g/mol. The highest BCUT2D eigenvalue weighted by Crippen LogP contribution is 2.29. The second kappa shape index (κ2) is 4.45. The first-order valence-electron chi connectivity index (χ1n) is 3.58. The van der Waals surface area contributed by atoms with Gasteiger partial charge in [-0.1, -0.05) is 0 Å². The van der Waals surface area contributed by atoms with E-state index in [1.165, 1.54) is 13.2 Å². The molecule has 1 heterocycles. The first kappa shape index (κ1) is 11.0. The summed E-state index contributed by atoms with van der Waals surface area (Å²) in [5.74, 6) is 0.0332. The molecule has 0 saturated carbocycles. The van der Waals surface area contributed by atoms with Crippen molar-refractivity contribution in [3.8, 4) is 5.88 Å². The SMILES string of the molecule is COc1nc(C(F)F)c(C=O)cc1Br. The molecule has 0 aliphatic rings. The second-order valence-corrected chi connectivity index (χ2v) is 3.23. The Bertz CT molecular complexity index is 357. The number of alkyl halides is 2. The van der Waals surface area contributed by atoms with Crippen molar-refractivity contribution in [2.75, 3.05) is 7.11 Å². The molecule has 0 fully saturated rings. The summed E-state index contributed by atoms with van der Waals surface area (Å²) in [7, 11) is 1.31. The van der Waals surface area contributed by atoms with Crippen LogP contribution in [0.25, 0.3) is 0 Å². The Labute approximate surface area is 87.2 Å². The monoisotopic (exact) mass is 265 g/mol. The van der Waals surface area contributed by atoms with Gasteiger partial charge in [-0.3, -0.25) is 4.79 Å². The summed E-state index contributed by atoms with van der Waals surface area (Å²) in [5, 5.41) is 0. The fourth-order valence-corrected chi connectivity index (χ4v) is 1.41. The summed E-state index contributed by atoms with van der Waals surface area (Å²) in [6, 6.07) is 1.25. The van der Waals surface area contributed by atoms with E-state index >= 15 is 0 Å². The fourth-order valence-electron chi connectivity index (χ4n) is 0.912. The highest BCUT2D eigenvalue weighted by Gasteiger charge is 2.17. The Morgan fingerprint density at radius 3 is 2.71 bits per heavy atom. The molecule has 0 bridgehead atoms. The smallest absolute Gasteiger partial charge is 0.281 e. The van der Waals surface area contributed by atoms with Crippen LogP contribution in [0, 0.1) is 0 Å². The summed E-state index contributed by atoms with van der Waals surface area (Å²) in [4.78, 5) is 14.0. The van der Waals surface area contributed by atoms with Crippen molar-refractivity contribution in [3.63, 3.8) is 0 Å². The third-order valence-corrected chi connectivity index (χ3v) is 2.10. The Balaban J connectivity index is 3.32. The molecule has 76 valence electrons. The highest BCUT2D eigenvalue weighted by molar-refractivity contribution is 9.10. The van der Waals surface area contributed by atoms with E-state index in [0.29, 0.717) is 10.8 Å². The van der Waals surface area contributed by atoms with Crippen molar-refractivity contribution < 1.29 is 18.3 Å². The number of aldehydes is 1. The Kier molecular flexibility index (Phi) is 3.51. The number of aromatic nitrogens is 1. The Morgan fingerprint density at radius 2 is 2.29 bits per heavy atom. The molecule has 0 unspecified atom stereocenters. The van der Waals surface area contributed by atoms with Gasteiger partial charge in [-0.25, -0.2) is 13.8 Å². The van der Waals surface area contributed by atoms with Crippen LogP contribution in [0.4, 0.5) is 8.78 Å². The fraction of sp³-hybridized carbons (Fsp3) is 0.250. The standard InChI is InChI=1S/C8H6BrF2NO2/c1-14-8-5(9)2-4(3-13)6(12-8)7(10)11/h2-3,7H,1H3. The average molecular weight is 266 g/mol. The number of halogens is 3. The summed E-state index contributed by atoms with van der Waals surface area (Å²) in [6.45, 7) is 0. The predicted octanol–water partition coefficient (Wildman–Crippen LogP) is 2.60. The van der Waals surface area contributed by atoms with Crippen LogP contribution in [-0.2, 0) is 0 Å². The van der Waals surface area contributed by atoms with Crippen molar-refractivity contribution >= 4 is 22.2 Å². The van der Waals surface area contributed by atoms with Crippen LogP contribution in [-0.4, -0.2) is 18.4 Å². The van der Waals surface area contributed by atoms with Gasteiger partial charge >= 0.3 is 0 Å². The van der Waals surface area contributed by atoms with E-state index in [0.717, 1.165) is 0 Å². The van der Waals surface area contributed by atoms with Gasteiger partial charge in [0, 0.05) is 5.56 Å². The molecule has 0 atom stereocenters. The van der Waals surface area contributed by atoms with Crippen LogP contribution in [0.2, 0.25) is 0 Å². The van der Waals surface area contributed by atoms with Gasteiger partial charge < -0.3 is 4.74 Å². The van der Waals surface area contributed by atoms with E-state index in [4.69, 9.17) is 4.74 Å². The van der Waals surface area contributed by atoms with Crippen molar-refractivity contribution in [2.45, 2.75) is 6.43 Å². The molecule has 0 aliphatic carbocycles. The van der Waals surface area contributed by atoms with Gasteiger partial charge in [0.05, 0.1) is 11.6 Å². The first-order valence-corrected chi connectivity index (χ1v) is 4.37. The predicted molar refractivity (Wildman–Crippen MR) is 48.8 cm³/mol. The largest absolute Gasteiger partial charge is 0.480 e. The van der Waals surface area contributed by atoms with E-state index in [2.05, 4.69) is 20.9 Å². The van der Waals surface area contributed by atoms with Gasteiger partial charge in [-0.15, -0.1) is 0 Å². The maximum Gasteiger partial charge on any atom is 0.281 e. The number of carbonyl (C=O) groups is 1. The molecule has 3 nitrogen and oxygen atoms in total. The van der Waals surface area contributed by atoms with Crippen LogP contribution in [0.1, 0.15) is 22.5 Å². The summed E-state index contributed by atoms with van der Waals surface area (Å²) in [5.41, 5.74) is -0.715. The molecule has 1 aromatic rings. The van der Waals surface area contributed by atoms with E-state index in [9.17, 15) is 13.6 Å². The average Bonchev–Trinajstić information content (AvgIpc) is 2.16. The van der Waals surface area contributed by atoms with Crippen molar-refractivity contribution in [1.29, 1.82) is 0 Å². The van der Waals surface area contributed by atoms with Gasteiger partial charge in [-0.05, 0) is 22.0 Å². The molecule has 0 spiro atoms. The number of ether oxygens (including phenoxy) is 1. The van der Waals surface area contributed by atoms with E-state index in [1.54, 1.807) is 0 Å². The van der Waals surface area contributed by atoms with Crippen LogP contribution >= 0.6 is 15.9 Å². The first-order chi connectivity index (χ1) is 6.60. The molecule has 1 aromatic heterocycles. The van der Waals surface area contributed by atoms with Gasteiger partial charge in [-0.2, -0.15) is 0 Å². The second-order valence-electron chi connectivity index (χ2n) is 2.37. The number of hydrogen-bond donors (Lipinski definition) is 0. The number of pyridine rings is 1. The molecule has 0 amide bonds. The van der Waals surface area contributed by atoms with Gasteiger partial charge in [0.15, 0.2) is 6.29 Å². The molecule has 0 saturated heterocycles. The normalized spacial score (nSPS) is 10.4. The summed E-state index contributed by atoms with van der Waals surface area (Å²) >= 11 is 3.04. The Hall–Kier alpha value is -1.04. The lowest BCUT2D eigenvalue weighted by Crippen LogP contribution is -2.00. The zero-order valence-electron chi connectivity index (χ0n) is 7.13. The number of methoxy groups -OCH3 is 1. The van der Waals surface area contributed by atoms with Crippen molar-refractivity contribution in [2.24, 2.45) is 0 Å². The minimum atomic E-state index is -2.79. The molecule has 6 heteroatoms. The lowest BCUT2D eigenvalue weighted by atomic mass is 10.2. The highest BCUT2D eigenvalue weighted by atomic mass is 79.9. The minimum absolute atomic E-state index is 0.0332.